The standard InChI is InChI=1S/C12H14FNO/c1-9(15)14-8-2-3-12(14)10-4-6-11(13)7-5-10/h4-7,12H,2-3,8H2,1H3. The van der Waals surface area contributed by atoms with Crippen molar-refractivity contribution in [3.8, 4) is 0 Å². The van der Waals surface area contributed by atoms with Gasteiger partial charge in [-0.3, -0.25) is 4.79 Å². The number of carbonyl (C=O) groups is 1. The number of benzene rings is 1. The monoisotopic (exact) mass is 207 g/mol. The van der Waals surface area contributed by atoms with Crippen LogP contribution in [0.1, 0.15) is 31.4 Å². The van der Waals surface area contributed by atoms with Crippen LogP contribution in [0.2, 0.25) is 0 Å². The fourth-order valence-electron chi connectivity index (χ4n) is 2.18. The van der Waals surface area contributed by atoms with E-state index >= 15 is 0 Å². The molecule has 3 heteroatoms. The quantitative estimate of drug-likeness (QED) is 0.693. The Morgan fingerprint density at radius 3 is 2.67 bits per heavy atom. The number of rotatable bonds is 1. The van der Waals surface area contributed by atoms with Crippen molar-refractivity contribution in [1.29, 1.82) is 0 Å². The molecule has 15 heavy (non-hydrogen) atoms. The number of amides is 1. The van der Waals surface area contributed by atoms with Gasteiger partial charge in [-0.25, -0.2) is 4.39 Å². The van der Waals surface area contributed by atoms with Gasteiger partial charge in [0.15, 0.2) is 0 Å². The lowest BCUT2D eigenvalue weighted by molar-refractivity contribution is -0.129. The Hall–Kier alpha value is -1.38. The van der Waals surface area contributed by atoms with E-state index in [1.165, 1.54) is 12.1 Å². The minimum absolute atomic E-state index is 0.0989. The molecule has 0 aromatic heterocycles. The van der Waals surface area contributed by atoms with Gasteiger partial charge in [0.05, 0.1) is 6.04 Å². The van der Waals surface area contributed by atoms with Crippen molar-refractivity contribution in [2.75, 3.05) is 6.54 Å². The molecule has 1 aliphatic heterocycles. The van der Waals surface area contributed by atoms with Gasteiger partial charge in [0.2, 0.25) is 5.91 Å². The van der Waals surface area contributed by atoms with Crippen LogP contribution in [0.5, 0.6) is 0 Å². The van der Waals surface area contributed by atoms with Crippen LogP contribution in [0.15, 0.2) is 24.3 Å². The molecule has 1 amide bonds. The van der Waals surface area contributed by atoms with Crippen molar-refractivity contribution in [3.63, 3.8) is 0 Å². The van der Waals surface area contributed by atoms with E-state index in [4.69, 9.17) is 0 Å². The third kappa shape index (κ3) is 2.01. The molecule has 1 atom stereocenters. The van der Waals surface area contributed by atoms with Gasteiger partial charge in [0.25, 0.3) is 0 Å². The van der Waals surface area contributed by atoms with Crippen LogP contribution in [-0.2, 0) is 4.79 Å². The smallest absolute Gasteiger partial charge is 0.219 e. The summed E-state index contributed by atoms with van der Waals surface area (Å²) in [6.07, 6.45) is 2.01. The van der Waals surface area contributed by atoms with E-state index in [1.54, 1.807) is 19.1 Å². The molecule has 0 bridgehead atoms. The first-order valence-electron chi connectivity index (χ1n) is 5.21. The summed E-state index contributed by atoms with van der Waals surface area (Å²) in [5.74, 6) is -0.132. The summed E-state index contributed by atoms with van der Waals surface area (Å²) >= 11 is 0. The summed E-state index contributed by atoms with van der Waals surface area (Å²) in [5.41, 5.74) is 1.03. The van der Waals surface area contributed by atoms with Crippen molar-refractivity contribution in [2.45, 2.75) is 25.8 Å². The molecular formula is C12H14FNO. The number of halogens is 1. The molecule has 1 aromatic rings. The molecule has 0 spiro atoms. The van der Waals surface area contributed by atoms with Crippen molar-refractivity contribution in [3.05, 3.63) is 35.6 Å². The Kier molecular flexibility index (Phi) is 2.71. The molecule has 0 saturated carbocycles. The van der Waals surface area contributed by atoms with Crippen molar-refractivity contribution < 1.29 is 9.18 Å². The zero-order valence-electron chi connectivity index (χ0n) is 8.74. The fourth-order valence-corrected chi connectivity index (χ4v) is 2.18. The maximum Gasteiger partial charge on any atom is 0.219 e. The van der Waals surface area contributed by atoms with Gasteiger partial charge in [-0.15, -0.1) is 0 Å². The lowest BCUT2D eigenvalue weighted by atomic mass is 10.0. The SMILES string of the molecule is CC(=O)N1CCCC1c1ccc(F)cc1. The van der Waals surface area contributed by atoms with E-state index < -0.39 is 0 Å². The van der Waals surface area contributed by atoms with Crippen molar-refractivity contribution in [1.82, 2.24) is 4.90 Å². The van der Waals surface area contributed by atoms with Crippen LogP contribution in [0, 0.1) is 5.82 Å². The number of likely N-dealkylation sites (tertiary alicyclic amines) is 1. The first kappa shape index (κ1) is 10.1. The van der Waals surface area contributed by atoms with Gasteiger partial charge in [0.1, 0.15) is 5.82 Å². The van der Waals surface area contributed by atoms with Crippen molar-refractivity contribution >= 4 is 5.91 Å². The second kappa shape index (κ2) is 4.01. The molecule has 1 saturated heterocycles. The summed E-state index contributed by atoms with van der Waals surface area (Å²) < 4.78 is 12.7. The largest absolute Gasteiger partial charge is 0.336 e. The highest BCUT2D eigenvalue weighted by molar-refractivity contribution is 5.74. The Balaban J connectivity index is 2.22. The summed E-state index contributed by atoms with van der Waals surface area (Å²) in [4.78, 5) is 13.2. The van der Waals surface area contributed by atoms with E-state index in [0.29, 0.717) is 0 Å². The Labute approximate surface area is 88.7 Å². The molecule has 0 radical (unpaired) electrons. The van der Waals surface area contributed by atoms with E-state index in [-0.39, 0.29) is 17.8 Å². The average Bonchev–Trinajstić information content (AvgIpc) is 2.67. The van der Waals surface area contributed by atoms with E-state index in [2.05, 4.69) is 0 Å². The van der Waals surface area contributed by atoms with Crippen LogP contribution in [0.4, 0.5) is 4.39 Å². The van der Waals surface area contributed by atoms with Gasteiger partial charge >= 0.3 is 0 Å². The minimum Gasteiger partial charge on any atom is -0.336 e. The topological polar surface area (TPSA) is 20.3 Å². The molecule has 1 aliphatic rings. The summed E-state index contributed by atoms with van der Waals surface area (Å²) in [6.45, 7) is 2.40. The normalized spacial score (nSPS) is 20.7. The molecule has 0 aliphatic carbocycles. The molecule has 80 valence electrons. The maximum absolute atomic E-state index is 12.7. The van der Waals surface area contributed by atoms with Crippen molar-refractivity contribution in [2.24, 2.45) is 0 Å². The summed E-state index contributed by atoms with van der Waals surface area (Å²) in [6, 6.07) is 6.57. The molecule has 2 nitrogen and oxygen atoms in total. The van der Waals surface area contributed by atoms with E-state index in [9.17, 15) is 9.18 Å². The fraction of sp³-hybridized carbons (Fsp3) is 0.417. The van der Waals surface area contributed by atoms with Gasteiger partial charge in [-0.05, 0) is 30.5 Å². The van der Waals surface area contributed by atoms with E-state index in [0.717, 1.165) is 24.9 Å². The molecule has 1 heterocycles. The molecule has 1 fully saturated rings. The highest BCUT2D eigenvalue weighted by Crippen LogP contribution is 2.31. The van der Waals surface area contributed by atoms with Gasteiger partial charge in [-0.1, -0.05) is 12.1 Å². The summed E-state index contributed by atoms with van der Waals surface area (Å²) in [7, 11) is 0. The minimum atomic E-state index is -0.230. The highest BCUT2D eigenvalue weighted by Gasteiger charge is 2.27. The first-order chi connectivity index (χ1) is 7.18. The molecule has 1 aromatic carbocycles. The average molecular weight is 207 g/mol. The van der Waals surface area contributed by atoms with Crippen LogP contribution < -0.4 is 0 Å². The molecule has 1 unspecified atom stereocenters. The third-order valence-electron chi connectivity index (χ3n) is 2.91. The van der Waals surface area contributed by atoms with Gasteiger partial charge < -0.3 is 4.90 Å². The van der Waals surface area contributed by atoms with E-state index in [1.807, 2.05) is 4.90 Å². The summed E-state index contributed by atoms with van der Waals surface area (Å²) in [5, 5.41) is 0. The van der Waals surface area contributed by atoms with Crippen LogP contribution in [-0.4, -0.2) is 17.4 Å². The zero-order valence-corrected chi connectivity index (χ0v) is 8.74. The van der Waals surface area contributed by atoms with Gasteiger partial charge in [-0.2, -0.15) is 0 Å². The Morgan fingerprint density at radius 1 is 1.40 bits per heavy atom. The van der Waals surface area contributed by atoms with Crippen LogP contribution in [0.25, 0.3) is 0 Å². The third-order valence-corrected chi connectivity index (χ3v) is 2.91. The number of carbonyl (C=O) groups excluding carboxylic acids is 1. The maximum atomic E-state index is 12.7. The second-order valence-corrected chi connectivity index (χ2v) is 3.92. The molecule has 0 N–H and O–H groups in total. The highest BCUT2D eigenvalue weighted by atomic mass is 19.1. The lowest BCUT2D eigenvalue weighted by Crippen LogP contribution is -2.27. The zero-order chi connectivity index (χ0) is 10.8. The molecular weight excluding hydrogens is 193 g/mol. The van der Waals surface area contributed by atoms with Crippen LogP contribution >= 0.6 is 0 Å². The second-order valence-electron chi connectivity index (χ2n) is 3.92. The number of nitrogens with zero attached hydrogens (tertiary/aromatic N) is 1. The number of hydrogen-bond donors (Lipinski definition) is 0. The Bertz CT molecular complexity index is 360. The lowest BCUT2D eigenvalue weighted by Gasteiger charge is -2.23. The van der Waals surface area contributed by atoms with Crippen LogP contribution in [0.3, 0.4) is 0 Å². The Morgan fingerprint density at radius 2 is 2.07 bits per heavy atom. The first-order valence-corrected chi connectivity index (χ1v) is 5.21. The molecule has 2 rings (SSSR count). The predicted octanol–water partition coefficient (Wildman–Crippen LogP) is 2.51. The number of hydrogen-bond acceptors (Lipinski definition) is 1. The predicted molar refractivity (Wildman–Crippen MR) is 55.8 cm³/mol. The van der Waals surface area contributed by atoms with Gasteiger partial charge in [0, 0.05) is 13.5 Å².